The molecule has 0 bridgehead atoms. The van der Waals surface area contributed by atoms with Crippen molar-refractivity contribution in [2.75, 3.05) is 13.2 Å². The molecule has 1 N–H and O–H groups in total. The molecule has 2 aromatic carbocycles. The first-order valence-electron chi connectivity index (χ1n) is 8.77. The lowest BCUT2D eigenvalue weighted by atomic mass is 10.1. The van der Waals surface area contributed by atoms with Gasteiger partial charge in [0, 0.05) is 0 Å². The molecule has 0 saturated carbocycles. The Hall–Kier alpha value is -2.71. The molecule has 0 amide bonds. The number of hydrogen-bond acceptors (Lipinski definition) is 6. The van der Waals surface area contributed by atoms with Crippen LogP contribution < -0.4 is 4.72 Å². The van der Waals surface area contributed by atoms with E-state index in [-0.39, 0.29) is 24.0 Å². The van der Waals surface area contributed by atoms with Crippen LogP contribution in [0.5, 0.6) is 0 Å². The number of carbonyl (C=O) groups excluding carboxylic acids is 2. The molecule has 0 aliphatic heterocycles. The van der Waals surface area contributed by atoms with Gasteiger partial charge in [-0.05, 0) is 30.2 Å². The fourth-order valence-electron chi connectivity index (χ4n) is 2.32. The summed E-state index contributed by atoms with van der Waals surface area (Å²) in [5.41, 5.74) is 0.393. The maximum atomic E-state index is 12.4. The van der Waals surface area contributed by atoms with E-state index in [1.54, 1.807) is 62.4 Å². The summed E-state index contributed by atoms with van der Waals surface area (Å²) in [5.74, 6) is -1.59. The van der Waals surface area contributed by atoms with Crippen molar-refractivity contribution >= 4 is 22.0 Å². The van der Waals surface area contributed by atoms with Gasteiger partial charge in [-0.2, -0.15) is 4.72 Å². The molecule has 8 heteroatoms. The second kappa shape index (κ2) is 10.0. The first-order chi connectivity index (χ1) is 13.3. The van der Waals surface area contributed by atoms with Gasteiger partial charge in [0.1, 0.15) is 19.3 Å². The Labute approximate surface area is 164 Å². The minimum Gasteiger partial charge on any atom is -0.461 e. The quantitative estimate of drug-likeness (QED) is 0.508. The van der Waals surface area contributed by atoms with Crippen LogP contribution in [0.25, 0.3) is 0 Å². The van der Waals surface area contributed by atoms with Gasteiger partial charge in [0.25, 0.3) is 0 Å². The fourth-order valence-corrected chi connectivity index (χ4v) is 3.67. The summed E-state index contributed by atoms with van der Waals surface area (Å²) in [7, 11) is -3.87. The van der Waals surface area contributed by atoms with Crippen LogP contribution in [0.1, 0.15) is 24.2 Å². The first kappa shape index (κ1) is 21.6. The van der Waals surface area contributed by atoms with E-state index < -0.39 is 28.0 Å². The molecule has 0 fully saturated rings. The zero-order valence-electron chi connectivity index (χ0n) is 15.7. The van der Waals surface area contributed by atoms with Crippen LogP contribution in [0.15, 0.2) is 65.6 Å². The maximum absolute atomic E-state index is 12.4. The number of rotatable bonds is 9. The Morgan fingerprint density at radius 2 is 1.43 bits per heavy atom. The molecule has 2 rings (SSSR count). The average Bonchev–Trinajstić information content (AvgIpc) is 2.70. The van der Waals surface area contributed by atoms with E-state index in [1.165, 1.54) is 12.1 Å². The molecule has 28 heavy (non-hydrogen) atoms. The predicted octanol–water partition coefficient (Wildman–Crippen LogP) is 2.39. The molecule has 0 aliphatic rings. The van der Waals surface area contributed by atoms with Crippen LogP contribution in [0.4, 0.5) is 0 Å². The van der Waals surface area contributed by atoms with Crippen molar-refractivity contribution in [1.29, 1.82) is 0 Å². The van der Waals surface area contributed by atoms with Crippen LogP contribution >= 0.6 is 0 Å². The number of sulfonamides is 1. The summed E-state index contributed by atoms with van der Waals surface area (Å²) in [6.07, 6.45) is 0. The topological polar surface area (TPSA) is 98.8 Å². The van der Waals surface area contributed by atoms with Crippen LogP contribution in [0, 0.1) is 5.92 Å². The Morgan fingerprint density at radius 3 is 2.00 bits per heavy atom. The molecule has 7 nitrogen and oxygen atoms in total. The van der Waals surface area contributed by atoms with Gasteiger partial charge in [-0.3, -0.25) is 4.79 Å². The molecule has 0 aromatic heterocycles. The van der Waals surface area contributed by atoms with Crippen LogP contribution in [0.3, 0.4) is 0 Å². The largest absolute Gasteiger partial charge is 0.461 e. The van der Waals surface area contributed by atoms with Gasteiger partial charge in [0.2, 0.25) is 10.0 Å². The molecular formula is C20H23NO6S. The third-order valence-electron chi connectivity index (χ3n) is 3.83. The van der Waals surface area contributed by atoms with Crippen molar-refractivity contribution in [2.24, 2.45) is 5.92 Å². The summed E-state index contributed by atoms with van der Waals surface area (Å²) >= 11 is 0. The summed E-state index contributed by atoms with van der Waals surface area (Å²) in [5, 5.41) is 0. The van der Waals surface area contributed by atoms with Crippen molar-refractivity contribution < 1.29 is 27.5 Å². The molecule has 0 spiro atoms. The smallest absolute Gasteiger partial charge is 0.338 e. The minimum atomic E-state index is -3.87. The highest BCUT2D eigenvalue weighted by atomic mass is 32.2. The lowest BCUT2D eigenvalue weighted by Gasteiger charge is -2.20. The molecule has 0 heterocycles. The van der Waals surface area contributed by atoms with E-state index in [0.717, 1.165) is 0 Å². The van der Waals surface area contributed by atoms with Gasteiger partial charge < -0.3 is 9.47 Å². The second-order valence-electron chi connectivity index (χ2n) is 6.33. The summed E-state index contributed by atoms with van der Waals surface area (Å²) in [6.45, 7) is 3.10. The summed E-state index contributed by atoms with van der Waals surface area (Å²) < 4.78 is 37.4. The molecule has 1 atom stereocenters. The van der Waals surface area contributed by atoms with Crippen molar-refractivity contribution in [2.45, 2.75) is 24.8 Å². The SMILES string of the molecule is CC(C)C(NS(=O)(=O)c1ccccc1)C(=O)OCCOC(=O)c1ccccc1. The van der Waals surface area contributed by atoms with Crippen molar-refractivity contribution in [3.05, 3.63) is 66.2 Å². The van der Waals surface area contributed by atoms with E-state index in [4.69, 9.17) is 9.47 Å². The normalized spacial score (nSPS) is 12.4. The van der Waals surface area contributed by atoms with Crippen molar-refractivity contribution in [3.8, 4) is 0 Å². The maximum Gasteiger partial charge on any atom is 0.338 e. The standard InChI is InChI=1S/C20H23NO6S/c1-15(2)18(21-28(24,25)17-11-7-4-8-12-17)20(23)27-14-13-26-19(22)16-9-5-3-6-10-16/h3-12,15,18,21H,13-14H2,1-2H3. The number of hydrogen-bond donors (Lipinski definition) is 1. The van der Waals surface area contributed by atoms with E-state index in [0.29, 0.717) is 5.56 Å². The van der Waals surface area contributed by atoms with Crippen LogP contribution in [-0.4, -0.2) is 39.6 Å². The second-order valence-corrected chi connectivity index (χ2v) is 8.04. The Bertz CT molecular complexity index is 881. The third kappa shape index (κ3) is 6.17. The van der Waals surface area contributed by atoms with Crippen molar-refractivity contribution in [1.82, 2.24) is 4.72 Å². The first-order valence-corrected chi connectivity index (χ1v) is 10.3. The van der Waals surface area contributed by atoms with Crippen molar-refractivity contribution in [3.63, 3.8) is 0 Å². The zero-order chi connectivity index (χ0) is 20.6. The molecule has 150 valence electrons. The number of ether oxygens (including phenoxy) is 2. The van der Waals surface area contributed by atoms with E-state index in [9.17, 15) is 18.0 Å². The monoisotopic (exact) mass is 405 g/mol. The Kier molecular flexibility index (Phi) is 7.71. The van der Waals surface area contributed by atoms with Crippen LogP contribution in [0.2, 0.25) is 0 Å². The highest BCUT2D eigenvalue weighted by molar-refractivity contribution is 7.89. The third-order valence-corrected chi connectivity index (χ3v) is 5.28. The predicted molar refractivity (Wildman–Crippen MR) is 103 cm³/mol. The van der Waals surface area contributed by atoms with Gasteiger partial charge in [-0.1, -0.05) is 50.2 Å². The van der Waals surface area contributed by atoms with Gasteiger partial charge in [-0.25, -0.2) is 13.2 Å². The number of benzene rings is 2. The lowest BCUT2D eigenvalue weighted by Crippen LogP contribution is -2.45. The molecule has 2 aromatic rings. The highest BCUT2D eigenvalue weighted by Gasteiger charge is 2.29. The lowest BCUT2D eigenvalue weighted by molar-refractivity contribution is -0.147. The Balaban J connectivity index is 1.88. The van der Waals surface area contributed by atoms with E-state index in [2.05, 4.69) is 4.72 Å². The van der Waals surface area contributed by atoms with E-state index in [1.807, 2.05) is 0 Å². The average molecular weight is 405 g/mol. The van der Waals surface area contributed by atoms with Gasteiger partial charge in [0.15, 0.2) is 0 Å². The fraction of sp³-hybridized carbons (Fsp3) is 0.300. The summed E-state index contributed by atoms with van der Waals surface area (Å²) in [4.78, 5) is 24.2. The van der Waals surface area contributed by atoms with Gasteiger partial charge in [-0.15, -0.1) is 0 Å². The van der Waals surface area contributed by atoms with Gasteiger partial charge >= 0.3 is 11.9 Å². The van der Waals surface area contributed by atoms with Crippen LogP contribution in [-0.2, 0) is 24.3 Å². The summed E-state index contributed by atoms with van der Waals surface area (Å²) in [6, 6.07) is 15.1. The Morgan fingerprint density at radius 1 is 0.893 bits per heavy atom. The van der Waals surface area contributed by atoms with E-state index >= 15 is 0 Å². The molecule has 1 unspecified atom stereocenters. The zero-order valence-corrected chi connectivity index (χ0v) is 16.5. The number of nitrogens with one attached hydrogen (secondary N) is 1. The number of esters is 2. The molecular weight excluding hydrogens is 382 g/mol. The molecule has 0 aliphatic carbocycles. The highest BCUT2D eigenvalue weighted by Crippen LogP contribution is 2.12. The number of carbonyl (C=O) groups is 2. The molecule has 0 saturated heterocycles. The minimum absolute atomic E-state index is 0.0604. The molecule has 0 radical (unpaired) electrons. The van der Waals surface area contributed by atoms with Gasteiger partial charge in [0.05, 0.1) is 10.5 Å².